The van der Waals surface area contributed by atoms with Crippen molar-refractivity contribution in [3.05, 3.63) is 73.4 Å². The molecule has 25 heavy (non-hydrogen) atoms. The fraction of sp³-hybridized carbons (Fsp3) is 0.200. The van der Waals surface area contributed by atoms with E-state index in [0.29, 0.717) is 5.69 Å². The quantitative estimate of drug-likeness (QED) is 0.546. The van der Waals surface area contributed by atoms with Gasteiger partial charge in [-0.3, -0.25) is 0 Å². The van der Waals surface area contributed by atoms with Crippen molar-refractivity contribution in [2.75, 3.05) is 0 Å². The Balaban J connectivity index is 0.000000701. The average Bonchev–Trinajstić information content (AvgIpc) is 3.24. The summed E-state index contributed by atoms with van der Waals surface area (Å²) in [6.07, 6.45) is 6.46. The van der Waals surface area contributed by atoms with Gasteiger partial charge in [0.25, 0.3) is 0 Å². The largest absolute Gasteiger partial charge is 0.389 e. The maximum absolute atomic E-state index is 9.65. The van der Waals surface area contributed by atoms with Gasteiger partial charge < -0.3 is 14.2 Å². The van der Waals surface area contributed by atoms with Crippen LogP contribution in [0.3, 0.4) is 0 Å². The molecular formula is C20H23N3O2. The highest BCUT2D eigenvalue weighted by molar-refractivity contribution is 5.82. The van der Waals surface area contributed by atoms with E-state index < -0.39 is 6.10 Å². The molecule has 130 valence electrons. The number of aliphatic hydroxyl groups is 1. The Morgan fingerprint density at radius 3 is 2.68 bits per heavy atom. The van der Waals surface area contributed by atoms with E-state index in [-0.39, 0.29) is 0 Å². The highest BCUT2D eigenvalue weighted by atomic mass is 16.5. The third-order valence-corrected chi connectivity index (χ3v) is 3.58. The fourth-order valence-corrected chi connectivity index (χ4v) is 2.34. The van der Waals surface area contributed by atoms with Gasteiger partial charge >= 0.3 is 0 Å². The Hall–Kier alpha value is -2.92. The van der Waals surface area contributed by atoms with E-state index in [2.05, 4.69) is 23.3 Å². The molecule has 3 aromatic rings. The van der Waals surface area contributed by atoms with E-state index in [9.17, 15) is 5.11 Å². The minimum absolute atomic E-state index is 0.502. The molecule has 3 rings (SSSR count). The molecule has 0 fully saturated rings. The van der Waals surface area contributed by atoms with Crippen LogP contribution in [0.25, 0.3) is 22.3 Å². The first kappa shape index (κ1) is 18.4. The standard InChI is InChI=1S/C17H17N3O2.C3H6/c1-11(15-6-7-22-19-15)8-12(2)20-10-18-16-9-14(13(3)21)4-5-17(16)20;1-3-2/h4-10,13,21H,1H2,2-3H3;3H,1H2,2H3/b12-8+;. The smallest absolute Gasteiger partial charge is 0.124 e. The molecular weight excluding hydrogens is 314 g/mol. The minimum Gasteiger partial charge on any atom is -0.389 e. The Morgan fingerprint density at radius 1 is 1.36 bits per heavy atom. The highest BCUT2D eigenvalue weighted by Gasteiger charge is 2.08. The van der Waals surface area contributed by atoms with E-state index >= 15 is 0 Å². The number of aromatic nitrogens is 3. The number of aliphatic hydroxyl groups excluding tert-OH is 1. The van der Waals surface area contributed by atoms with Crippen LogP contribution in [0.1, 0.15) is 38.1 Å². The summed E-state index contributed by atoms with van der Waals surface area (Å²) in [5.41, 5.74) is 5.13. The first-order chi connectivity index (χ1) is 12.0. The molecule has 0 aliphatic rings. The van der Waals surface area contributed by atoms with Crippen molar-refractivity contribution < 1.29 is 9.63 Å². The van der Waals surface area contributed by atoms with Gasteiger partial charge in [-0.25, -0.2) is 4.98 Å². The Labute approximate surface area is 147 Å². The summed E-state index contributed by atoms with van der Waals surface area (Å²) < 4.78 is 6.81. The first-order valence-corrected chi connectivity index (χ1v) is 7.98. The summed E-state index contributed by atoms with van der Waals surface area (Å²) in [6.45, 7) is 13.0. The van der Waals surface area contributed by atoms with E-state index in [0.717, 1.165) is 27.9 Å². The molecule has 0 bridgehead atoms. The topological polar surface area (TPSA) is 64.1 Å². The Morgan fingerprint density at radius 2 is 2.08 bits per heavy atom. The molecule has 0 radical (unpaired) electrons. The number of rotatable bonds is 4. The van der Waals surface area contributed by atoms with Crippen LogP contribution in [0.4, 0.5) is 0 Å². The van der Waals surface area contributed by atoms with Crippen LogP contribution in [-0.4, -0.2) is 19.8 Å². The van der Waals surface area contributed by atoms with Crippen molar-refractivity contribution in [3.63, 3.8) is 0 Å². The number of fused-ring (bicyclic) bond motifs is 1. The number of hydrogen-bond acceptors (Lipinski definition) is 4. The molecule has 1 unspecified atom stereocenters. The first-order valence-electron chi connectivity index (χ1n) is 7.98. The van der Waals surface area contributed by atoms with Gasteiger partial charge in [0.1, 0.15) is 18.3 Å². The molecule has 1 atom stereocenters. The van der Waals surface area contributed by atoms with Crippen LogP contribution in [0.5, 0.6) is 0 Å². The molecule has 0 amide bonds. The van der Waals surface area contributed by atoms with Crippen LogP contribution in [0.2, 0.25) is 0 Å². The predicted octanol–water partition coefficient (Wildman–Crippen LogP) is 4.84. The monoisotopic (exact) mass is 337 g/mol. The lowest BCUT2D eigenvalue weighted by Crippen LogP contribution is -1.94. The third-order valence-electron chi connectivity index (χ3n) is 3.58. The van der Waals surface area contributed by atoms with Gasteiger partial charge in [0.2, 0.25) is 0 Å². The van der Waals surface area contributed by atoms with E-state index in [1.165, 1.54) is 6.26 Å². The maximum atomic E-state index is 9.65. The van der Waals surface area contributed by atoms with Crippen molar-refractivity contribution in [2.45, 2.75) is 26.9 Å². The van der Waals surface area contributed by atoms with Crippen LogP contribution >= 0.6 is 0 Å². The van der Waals surface area contributed by atoms with Gasteiger partial charge in [0, 0.05) is 11.8 Å². The summed E-state index contributed by atoms with van der Waals surface area (Å²) in [6, 6.07) is 7.54. The molecule has 0 aliphatic heterocycles. The van der Waals surface area contributed by atoms with E-state index in [1.807, 2.05) is 42.7 Å². The Kier molecular flexibility index (Phi) is 6.08. The van der Waals surface area contributed by atoms with E-state index in [4.69, 9.17) is 4.52 Å². The normalized spacial score (nSPS) is 12.4. The predicted molar refractivity (Wildman–Crippen MR) is 102 cm³/mol. The van der Waals surface area contributed by atoms with Gasteiger partial charge in [-0.2, -0.15) is 0 Å². The molecule has 1 aromatic carbocycles. The SMILES string of the molecule is C=C(/C=C(\C)n1cnc2cc(C(C)O)ccc21)c1ccon1.C=CC. The zero-order chi connectivity index (χ0) is 18.4. The molecule has 0 spiro atoms. The molecule has 1 N–H and O–H groups in total. The zero-order valence-electron chi connectivity index (χ0n) is 14.8. The van der Waals surface area contributed by atoms with Gasteiger partial charge in [-0.1, -0.05) is 23.9 Å². The van der Waals surface area contributed by atoms with Crippen LogP contribution in [0.15, 0.2) is 66.7 Å². The molecule has 5 nitrogen and oxygen atoms in total. The molecule has 2 aromatic heterocycles. The molecule has 0 saturated heterocycles. The summed E-state index contributed by atoms with van der Waals surface area (Å²) in [5, 5.41) is 13.5. The second-order valence-electron chi connectivity index (χ2n) is 5.64. The van der Waals surface area contributed by atoms with E-state index in [1.54, 1.807) is 25.4 Å². The van der Waals surface area contributed by atoms with Crippen molar-refractivity contribution >= 4 is 22.3 Å². The second kappa shape index (κ2) is 8.26. The van der Waals surface area contributed by atoms with Crippen molar-refractivity contribution in [1.29, 1.82) is 0 Å². The number of nitrogens with zero attached hydrogens (tertiary/aromatic N) is 3. The number of allylic oxidation sites excluding steroid dienone is 4. The average molecular weight is 337 g/mol. The molecule has 0 aliphatic carbocycles. The van der Waals surface area contributed by atoms with Crippen LogP contribution in [-0.2, 0) is 0 Å². The zero-order valence-corrected chi connectivity index (χ0v) is 14.8. The number of benzene rings is 1. The minimum atomic E-state index is -0.502. The van der Waals surface area contributed by atoms with Gasteiger partial charge in [-0.05, 0) is 50.1 Å². The maximum Gasteiger partial charge on any atom is 0.124 e. The lowest BCUT2D eigenvalue weighted by atomic mass is 10.1. The molecule has 5 heteroatoms. The van der Waals surface area contributed by atoms with Crippen LogP contribution in [0, 0.1) is 0 Å². The summed E-state index contributed by atoms with van der Waals surface area (Å²) in [5.74, 6) is 0. The van der Waals surface area contributed by atoms with Crippen molar-refractivity contribution in [2.24, 2.45) is 0 Å². The number of imidazole rings is 1. The van der Waals surface area contributed by atoms with Crippen LogP contribution < -0.4 is 0 Å². The molecule has 0 saturated carbocycles. The van der Waals surface area contributed by atoms with Gasteiger partial charge in [-0.15, -0.1) is 6.58 Å². The van der Waals surface area contributed by atoms with Gasteiger partial charge in [0.15, 0.2) is 0 Å². The highest BCUT2D eigenvalue weighted by Crippen LogP contribution is 2.23. The lowest BCUT2D eigenvalue weighted by Gasteiger charge is -2.07. The lowest BCUT2D eigenvalue weighted by molar-refractivity contribution is 0.199. The number of hydrogen-bond donors (Lipinski definition) is 1. The van der Waals surface area contributed by atoms with Crippen molar-refractivity contribution in [1.82, 2.24) is 14.7 Å². The Bertz CT molecular complexity index is 887. The summed E-state index contributed by atoms with van der Waals surface area (Å²) in [4.78, 5) is 4.40. The van der Waals surface area contributed by atoms with Gasteiger partial charge in [0.05, 0.1) is 17.1 Å². The summed E-state index contributed by atoms with van der Waals surface area (Å²) in [7, 11) is 0. The van der Waals surface area contributed by atoms with Crippen molar-refractivity contribution in [3.8, 4) is 0 Å². The fourth-order valence-electron chi connectivity index (χ4n) is 2.34. The summed E-state index contributed by atoms with van der Waals surface area (Å²) >= 11 is 0. The second-order valence-corrected chi connectivity index (χ2v) is 5.64. The molecule has 2 heterocycles. The third kappa shape index (κ3) is 4.33.